The predicted octanol–water partition coefficient (Wildman–Crippen LogP) is 12.0. The molecule has 0 spiro atoms. The van der Waals surface area contributed by atoms with E-state index in [1.165, 1.54) is 116 Å². The molecule has 0 saturated heterocycles. The molecule has 46 heavy (non-hydrogen) atoms. The molecule has 1 unspecified atom stereocenters. The molecular weight excluding hydrogens is 572 g/mol. The predicted molar refractivity (Wildman–Crippen MR) is 196 cm³/mol. The highest BCUT2D eigenvalue weighted by Crippen LogP contribution is 2.23. The molecular formula is C41H76O5. The molecule has 0 aliphatic carbocycles. The summed E-state index contributed by atoms with van der Waals surface area (Å²) in [5.41, 5.74) is 0. The van der Waals surface area contributed by atoms with Gasteiger partial charge in [0.2, 0.25) is 0 Å². The highest BCUT2D eigenvalue weighted by molar-refractivity contribution is 5.70. The molecule has 270 valence electrons. The Labute approximate surface area is 285 Å². The lowest BCUT2D eigenvalue weighted by atomic mass is 9.91. The van der Waals surface area contributed by atoms with Crippen LogP contribution in [-0.4, -0.2) is 36.9 Å². The van der Waals surface area contributed by atoms with Gasteiger partial charge in [-0.15, -0.1) is 0 Å². The summed E-state index contributed by atoms with van der Waals surface area (Å²) in [6.45, 7) is 6.76. The molecule has 0 aliphatic rings. The minimum Gasteiger partial charge on any atom is -0.465 e. The van der Waals surface area contributed by atoms with Gasteiger partial charge in [0, 0.05) is 12.8 Å². The summed E-state index contributed by atoms with van der Waals surface area (Å²) in [5.74, 6) is -0.405. The maximum atomic E-state index is 12.7. The molecule has 0 rings (SSSR count). The Hall–Kier alpha value is -1.62. The number of esters is 2. The van der Waals surface area contributed by atoms with E-state index >= 15 is 0 Å². The van der Waals surface area contributed by atoms with Crippen molar-refractivity contribution in [3.63, 3.8) is 0 Å². The fraction of sp³-hybridized carbons (Fsp3) is 0.854. The van der Waals surface area contributed by atoms with Crippen molar-refractivity contribution in [2.45, 2.75) is 194 Å². The van der Waals surface area contributed by atoms with Crippen LogP contribution >= 0.6 is 0 Å². The van der Waals surface area contributed by atoms with E-state index in [0.29, 0.717) is 18.8 Å². The van der Waals surface area contributed by atoms with Crippen LogP contribution in [0.4, 0.5) is 0 Å². The summed E-state index contributed by atoms with van der Waals surface area (Å²) in [5, 5.41) is 9.77. The third-order valence-corrected chi connectivity index (χ3v) is 8.94. The van der Waals surface area contributed by atoms with Gasteiger partial charge in [0.15, 0.2) is 0 Å². The standard InChI is InChI=1S/C41H76O5/c1-4-7-10-13-16-17-18-19-20-21-22-23-24-27-30-33-40(43)45-36-39(35-42)37-46-41(44)34-38(31-28-25-14-11-8-5-2)32-29-26-15-12-9-6-3/h16-17,19-20,38-39,42H,4-15,18,21-37H2,1-3H3/b17-16-,20-19-. The SMILES string of the molecule is CCCCC/C=C\C/C=C\CCCCCCCC(=O)OCC(CO)COC(=O)CC(CCCCCCCC)CCCCCCCC. The van der Waals surface area contributed by atoms with Crippen LogP contribution in [0, 0.1) is 11.8 Å². The molecule has 0 radical (unpaired) electrons. The van der Waals surface area contributed by atoms with Crippen molar-refractivity contribution >= 4 is 11.9 Å². The summed E-state index contributed by atoms with van der Waals surface area (Å²) < 4.78 is 11.0. The van der Waals surface area contributed by atoms with E-state index in [1.54, 1.807) is 0 Å². The molecule has 0 aromatic rings. The Morgan fingerprint density at radius 1 is 0.522 bits per heavy atom. The molecule has 5 nitrogen and oxygen atoms in total. The summed E-state index contributed by atoms with van der Waals surface area (Å²) in [6.07, 6.45) is 40.0. The highest BCUT2D eigenvalue weighted by Gasteiger charge is 2.18. The monoisotopic (exact) mass is 649 g/mol. The Balaban J connectivity index is 4.09. The van der Waals surface area contributed by atoms with E-state index in [9.17, 15) is 14.7 Å². The molecule has 1 N–H and O–H groups in total. The van der Waals surface area contributed by atoms with Gasteiger partial charge < -0.3 is 14.6 Å². The number of unbranched alkanes of at least 4 members (excludes halogenated alkanes) is 18. The van der Waals surface area contributed by atoms with Crippen LogP contribution in [0.1, 0.15) is 194 Å². The van der Waals surface area contributed by atoms with Crippen molar-refractivity contribution in [2.75, 3.05) is 19.8 Å². The molecule has 0 aromatic carbocycles. The number of ether oxygens (including phenoxy) is 2. The van der Waals surface area contributed by atoms with Crippen molar-refractivity contribution in [2.24, 2.45) is 11.8 Å². The Morgan fingerprint density at radius 3 is 1.50 bits per heavy atom. The van der Waals surface area contributed by atoms with Crippen molar-refractivity contribution < 1.29 is 24.2 Å². The first kappa shape index (κ1) is 44.4. The number of carbonyl (C=O) groups is 2. The van der Waals surface area contributed by atoms with Gasteiger partial charge in [-0.25, -0.2) is 0 Å². The van der Waals surface area contributed by atoms with Crippen LogP contribution in [0.5, 0.6) is 0 Å². The molecule has 0 saturated carbocycles. The van der Waals surface area contributed by atoms with Crippen molar-refractivity contribution in [3.8, 4) is 0 Å². The number of aliphatic hydroxyl groups excluding tert-OH is 1. The second-order valence-electron chi connectivity index (χ2n) is 13.6. The molecule has 0 bridgehead atoms. The van der Waals surface area contributed by atoms with Crippen LogP contribution in [0.25, 0.3) is 0 Å². The van der Waals surface area contributed by atoms with E-state index in [2.05, 4.69) is 45.1 Å². The van der Waals surface area contributed by atoms with Gasteiger partial charge in [-0.2, -0.15) is 0 Å². The van der Waals surface area contributed by atoms with Gasteiger partial charge in [0.05, 0.1) is 25.7 Å². The second kappa shape index (κ2) is 36.2. The summed E-state index contributed by atoms with van der Waals surface area (Å²) >= 11 is 0. The van der Waals surface area contributed by atoms with E-state index in [1.807, 2.05) is 0 Å². The highest BCUT2D eigenvalue weighted by atomic mass is 16.5. The molecule has 0 amide bonds. The van der Waals surface area contributed by atoms with Crippen molar-refractivity contribution in [3.05, 3.63) is 24.3 Å². The third kappa shape index (κ3) is 32.3. The number of rotatable bonds is 35. The third-order valence-electron chi connectivity index (χ3n) is 8.94. The molecule has 1 atom stereocenters. The maximum absolute atomic E-state index is 12.7. The van der Waals surface area contributed by atoms with Crippen molar-refractivity contribution in [1.29, 1.82) is 0 Å². The Kier molecular flexibility index (Phi) is 34.9. The Bertz CT molecular complexity index is 700. The van der Waals surface area contributed by atoms with Gasteiger partial charge in [0.1, 0.15) is 0 Å². The average molecular weight is 649 g/mol. The molecule has 0 fully saturated rings. The largest absolute Gasteiger partial charge is 0.465 e. The average Bonchev–Trinajstić information content (AvgIpc) is 3.05. The summed E-state index contributed by atoms with van der Waals surface area (Å²) in [4.78, 5) is 24.9. The zero-order chi connectivity index (χ0) is 33.8. The van der Waals surface area contributed by atoms with Gasteiger partial charge >= 0.3 is 11.9 Å². The molecule has 0 heterocycles. The minimum absolute atomic E-state index is 0.0990. The number of carbonyl (C=O) groups excluding carboxylic acids is 2. The first-order chi connectivity index (χ1) is 22.6. The molecule has 0 aliphatic heterocycles. The number of hydrogen-bond acceptors (Lipinski definition) is 5. The fourth-order valence-electron chi connectivity index (χ4n) is 5.80. The van der Waals surface area contributed by atoms with Gasteiger partial charge in [-0.1, -0.05) is 154 Å². The molecule has 0 aromatic heterocycles. The topological polar surface area (TPSA) is 72.8 Å². The molecule has 5 heteroatoms. The first-order valence-electron chi connectivity index (χ1n) is 19.8. The van der Waals surface area contributed by atoms with Gasteiger partial charge in [-0.3, -0.25) is 9.59 Å². The number of aliphatic hydroxyl groups is 1. The second-order valence-corrected chi connectivity index (χ2v) is 13.6. The minimum atomic E-state index is -0.368. The normalized spacial score (nSPS) is 12.5. The van der Waals surface area contributed by atoms with E-state index < -0.39 is 0 Å². The van der Waals surface area contributed by atoms with E-state index in [4.69, 9.17) is 9.47 Å². The quantitative estimate of drug-likeness (QED) is 0.0420. The number of allylic oxidation sites excluding steroid dienone is 4. The smallest absolute Gasteiger partial charge is 0.306 e. The zero-order valence-electron chi connectivity index (χ0n) is 30.8. The number of hydrogen-bond donors (Lipinski definition) is 1. The summed E-state index contributed by atoms with van der Waals surface area (Å²) in [6, 6.07) is 0. The van der Waals surface area contributed by atoms with Crippen LogP contribution in [0.3, 0.4) is 0 Å². The van der Waals surface area contributed by atoms with Crippen LogP contribution in [-0.2, 0) is 19.1 Å². The Morgan fingerprint density at radius 2 is 0.957 bits per heavy atom. The lowest BCUT2D eigenvalue weighted by molar-refractivity contribution is -0.150. The lowest BCUT2D eigenvalue weighted by Gasteiger charge is -2.18. The van der Waals surface area contributed by atoms with Gasteiger partial charge in [0.25, 0.3) is 0 Å². The van der Waals surface area contributed by atoms with Crippen LogP contribution in [0.2, 0.25) is 0 Å². The van der Waals surface area contributed by atoms with E-state index in [-0.39, 0.29) is 37.7 Å². The zero-order valence-corrected chi connectivity index (χ0v) is 30.8. The van der Waals surface area contributed by atoms with Crippen LogP contribution < -0.4 is 0 Å². The first-order valence-corrected chi connectivity index (χ1v) is 19.8. The lowest BCUT2D eigenvalue weighted by Crippen LogP contribution is -2.24. The maximum Gasteiger partial charge on any atom is 0.306 e. The van der Waals surface area contributed by atoms with E-state index in [0.717, 1.165) is 44.9 Å². The van der Waals surface area contributed by atoms with Gasteiger partial charge in [-0.05, 0) is 57.3 Å². The fourth-order valence-corrected chi connectivity index (χ4v) is 5.80. The van der Waals surface area contributed by atoms with Crippen LogP contribution in [0.15, 0.2) is 24.3 Å². The summed E-state index contributed by atoms with van der Waals surface area (Å²) in [7, 11) is 0. The van der Waals surface area contributed by atoms with Crippen molar-refractivity contribution in [1.82, 2.24) is 0 Å².